The summed E-state index contributed by atoms with van der Waals surface area (Å²) in [5, 5.41) is 33.9. The van der Waals surface area contributed by atoms with Crippen LogP contribution in [-0.4, -0.2) is 49.7 Å². The summed E-state index contributed by atoms with van der Waals surface area (Å²) < 4.78 is 0. The van der Waals surface area contributed by atoms with Crippen molar-refractivity contribution in [2.75, 3.05) is 11.5 Å². The van der Waals surface area contributed by atoms with E-state index in [1.807, 2.05) is 0 Å². The van der Waals surface area contributed by atoms with E-state index in [-0.39, 0.29) is 12.8 Å². The van der Waals surface area contributed by atoms with E-state index < -0.39 is 17.7 Å². The minimum atomic E-state index is -1.32. The molecule has 0 aromatic rings. The second-order valence-corrected chi connectivity index (χ2v) is 5.88. The van der Waals surface area contributed by atoms with Crippen LogP contribution < -0.4 is 0 Å². The van der Waals surface area contributed by atoms with Gasteiger partial charge in [-0.25, -0.2) is 0 Å². The highest BCUT2D eigenvalue weighted by atomic mass is 32.1. The van der Waals surface area contributed by atoms with Crippen molar-refractivity contribution in [3.8, 4) is 0 Å². The molecule has 0 aromatic heterocycles. The minimum Gasteiger partial charge on any atom is -0.481 e. The van der Waals surface area contributed by atoms with Crippen molar-refractivity contribution in [2.45, 2.75) is 63.6 Å². The average molecular weight is 357 g/mol. The third-order valence-electron chi connectivity index (χ3n) is 2.75. The largest absolute Gasteiger partial charge is 0.481 e. The number of rotatable bonds is 6. The zero-order valence-corrected chi connectivity index (χ0v) is 14.6. The van der Waals surface area contributed by atoms with Crippen LogP contribution in [0.15, 0.2) is 0 Å². The minimum absolute atomic E-state index is 0.240. The highest BCUT2D eigenvalue weighted by Crippen LogP contribution is 2.24. The summed E-state index contributed by atoms with van der Waals surface area (Å²) in [7, 11) is 0. The molecule has 0 amide bonds. The van der Waals surface area contributed by atoms with Crippen LogP contribution in [0.3, 0.4) is 0 Å². The first-order valence-electron chi connectivity index (χ1n) is 7.35. The van der Waals surface area contributed by atoms with Crippen molar-refractivity contribution in [3.05, 3.63) is 0 Å². The number of aliphatic carboxylic acids is 2. The molecule has 6 nitrogen and oxygen atoms in total. The maximum Gasteiger partial charge on any atom is 0.303 e. The molecular weight excluding hydrogens is 328 g/mol. The molecule has 8 heteroatoms. The zero-order valence-electron chi connectivity index (χ0n) is 12.8. The lowest BCUT2D eigenvalue weighted by atomic mass is 9.95. The van der Waals surface area contributed by atoms with Crippen molar-refractivity contribution < 1.29 is 30.0 Å². The predicted molar refractivity (Wildman–Crippen MR) is 91.7 cm³/mol. The number of hydrogen-bond donors (Lipinski definition) is 6. The van der Waals surface area contributed by atoms with Crippen molar-refractivity contribution in [1.29, 1.82) is 0 Å². The van der Waals surface area contributed by atoms with Gasteiger partial charge < -0.3 is 20.4 Å². The van der Waals surface area contributed by atoms with E-state index in [2.05, 4.69) is 25.3 Å². The van der Waals surface area contributed by atoms with E-state index in [4.69, 9.17) is 20.4 Å². The zero-order chi connectivity index (χ0) is 17.4. The summed E-state index contributed by atoms with van der Waals surface area (Å²) in [6.07, 6.45) is 6.02. The molecule has 0 spiro atoms. The molecule has 22 heavy (non-hydrogen) atoms. The van der Waals surface area contributed by atoms with Crippen LogP contribution in [0, 0.1) is 0 Å². The second-order valence-electron chi connectivity index (χ2n) is 4.98. The molecule has 0 heterocycles. The van der Waals surface area contributed by atoms with Gasteiger partial charge in [0.2, 0.25) is 0 Å². The van der Waals surface area contributed by atoms with E-state index in [0.29, 0.717) is 37.2 Å². The number of aliphatic hydroxyl groups is 2. The van der Waals surface area contributed by atoms with Gasteiger partial charge in [-0.15, -0.1) is 0 Å². The fourth-order valence-corrected chi connectivity index (χ4v) is 1.89. The normalized spacial score (nSPS) is 15.6. The number of carboxylic acids is 2. The summed E-state index contributed by atoms with van der Waals surface area (Å²) in [5.74, 6) is -1.49. The van der Waals surface area contributed by atoms with Crippen LogP contribution in [0.5, 0.6) is 0 Å². The first-order valence-corrected chi connectivity index (χ1v) is 8.61. The Balaban J connectivity index is 0. The topological polar surface area (TPSA) is 115 Å². The molecule has 1 rings (SSSR count). The van der Waals surface area contributed by atoms with Crippen LogP contribution in [0.2, 0.25) is 0 Å². The Morgan fingerprint density at radius 3 is 1.32 bits per heavy atom. The van der Waals surface area contributed by atoms with Crippen LogP contribution in [-0.2, 0) is 9.59 Å². The SMILES string of the molecule is O=C(O)CCCS.O=C(O)CCCS.OC1(O)CCCCC1. The highest BCUT2D eigenvalue weighted by Gasteiger charge is 2.24. The molecule has 4 N–H and O–H groups in total. The van der Waals surface area contributed by atoms with Gasteiger partial charge in [-0.1, -0.05) is 6.42 Å². The van der Waals surface area contributed by atoms with Crippen LogP contribution in [0.4, 0.5) is 0 Å². The monoisotopic (exact) mass is 356 g/mol. The molecule has 0 unspecified atom stereocenters. The number of thiol groups is 2. The summed E-state index contributed by atoms with van der Waals surface area (Å²) in [6.45, 7) is 0. The van der Waals surface area contributed by atoms with Gasteiger partial charge >= 0.3 is 11.9 Å². The summed E-state index contributed by atoms with van der Waals surface area (Å²) >= 11 is 7.66. The maximum absolute atomic E-state index is 9.72. The molecule has 0 radical (unpaired) electrons. The Morgan fingerprint density at radius 1 is 0.818 bits per heavy atom. The molecule has 1 aliphatic rings. The van der Waals surface area contributed by atoms with Gasteiger partial charge in [-0.2, -0.15) is 25.3 Å². The van der Waals surface area contributed by atoms with Gasteiger partial charge in [0.05, 0.1) is 0 Å². The standard InChI is InChI=1S/C6H12O2.2C4H8O2S/c7-6(8)4-2-1-3-5-6;2*5-4(6)2-1-3-7/h7-8H,1-5H2;2*7H,1-3H2,(H,5,6). The maximum atomic E-state index is 9.72. The Bertz CT molecular complexity index is 271. The van der Waals surface area contributed by atoms with Crippen molar-refractivity contribution in [2.24, 2.45) is 0 Å². The van der Waals surface area contributed by atoms with E-state index >= 15 is 0 Å². The van der Waals surface area contributed by atoms with Crippen LogP contribution >= 0.6 is 25.3 Å². The predicted octanol–water partition coefficient (Wildman–Crippen LogP) is 2.19. The summed E-state index contributed by atoms with van der Waals surface area (Å²) in [5.41, 5.74) is 0. The highest BCUT2D eigenvalue weighted by molar-refractivity contribution is 7.80. The summed E-state index contributed by atoms with van der Waals surface area (Å²) in [6, 6.07) is 0. The van der Waals surface area contributed by atoms with Crippen molar-refractivity contribution in [3.63, 3.8) is 0 Å². The quantitative estimate of drug-likeness (QED) is 0.321. The second kappa shape index (κ2) is 15.5. The van der Waals surface area contributed by atoms with Crippen LogP contribution in [0.1, 0.15) is 57.8 Å². The molecular formula is C14H28O6S2. The molecule has 0 aromatic carbocycles. The van der Waals surface area contributed by atoms with Gasteiger partial charge in [0, 0.05) is 25.7 Å². The smallest absolute Gasteiger partial charge is 0.303 e. The van der Waals surface area contributed by atoms with Gasteiger partial charge in [0.15, 0.2) is 5.79 Å². The van der Waals surface area contributed by atoms with E-state index in [1.165, 1.54) is 0 Å². The number of carboxylic acid groups (broad SMARTS) is 2. The number of hydrogen-bond acceptors (Lipinski definition) is 6. The first kappa shape index (κ1) is 23.8. The van der Waals surface area contributed by atoms with E-state index in [9.17, 15) is 9.59 Å². The molecule has 1 aliphatic carbocycles. The molecule has 1 fully saturated rings. The van der Waals surface area contributed by atoms with Gasteiger partial charge in [-0.3, -0.25) is 9.59 Å². The molecule has 0 aliphatic heterocycles. The van der Waals surface area contributed by atoms with Gasteiger partial charge in [0.1, 0.15) is 0 Å². The lowest BCUT2D eigenvalue weighted by molar-refractivity contribution is -0.180. The molecule has 1 saturated carbocycles. The Labute approximate surface area is 142 Å². The fourth-order valence-electron chi connectivity index (χ4n) is 1.58. The lowest BCUT2D eigenvalue weighted by Gasteiger charge is -2.25. The lowest BCUT2D eigenvalue weighted by Crippen LogP contribution is -2.30. The third-order valence-corrected chi connectivity index (χ3v) is 3.38. The molecule has 0 atom stereocenters. The van der Waals surface area contributed by atoms with E-state index in [1.54, 1.807) is 0 Å². The van der Waals surface area contributed by atoms with Gasteiger partial charge in [-0.05, 0) is 37.2 Å². The first-order chi connectivity index (χ1) is 10.2. The number of carbonyl (C=O) groups is 2. The van der Waals surface area contributed by atoms with Gasteiger partial charge in [0.25, 0.3) is 0 Å². The van der Waals surface area contributed by atoms with Crippen molar-refractivity contribution >= 4 is 37.2 Å². The average Bonchev–Trinajstić information content (AvgIpc) is 2.44. The molecule has 0 saturated heterocycles. The molecule has 0 bridgehead atoms. The Hall–Kier alpha value is -0.440. The Morgan fingerprint density at radius 2 is 1.18 bits per heavy atom. The third kappa shape index (κ3) is 21.9. The van der Waals surface area contributed by atoms with Crippen molar-refractivity contribution in [1.82, 2.24) is 0 Å². The molecule has 132 valence electrons. The van der Waals surface area contributed by atoms with Crippen LogP contribution in [0.25, 0.3) is 0 Å². The Kier molecular flexibility index (Phi) is 16.7. The fraction of sp³-hybridized carbons (Fsp3) is 0.857. The summed E-state index contributed by atoms with van der Waals surface area (Å²) in [4.78, 5) is 19.4. The van der Waals surface area contributed by atoms with E-state index in [0.717, 1.165) is 19.3 Å².